The van der Waals surface area contributed by atoms with Gasteiger partial charge in [0.05, 0.1) is 24.0 Å². The van der Waals surface area contributed by atoms with Gasteiger partial charge in [-0.25, -0.2) is 4.68 Å². The van der Waals surface area contributed by atoms with Crippen molar-refractivity contribution in [2.75, 3.05) is 0 Å². The van der Waals surface area contributed by atoms with Crippen molar-refractivity contribution in [3.05, 3.63) is 74.4 Å². The van der Waals surface area contributed by atoms with E-state index in [0.717, 1.165) is 20.2 Å². The van der Waals surface area contributed by atoms with Crippen LogP contribution in [0.3, 0.4) is 0 Å². The molecule has 0 radical (unpaired) electrons. The Hall–Kier alpha value is -2.03. The zero-order valence-corrected chi connectivity index (χ0v) is 17.1. The highest BCUT2D eigenvalue weighted by Gasteiger charge is 2.17. The first-order valence-corrected chi connectivity index (χ1v) is 9.59. The molecule has 0 fully saturated rings. The summed E-state index contributed by atoms with van der Waals surface area (Å²) in [5.74, 6) is 0.436. The quantitative estimate of drug-likeness (QED) is 0.411. The lowest BCUT2D eigenvalue weighted by atomic mass is 10.2. The normalized spacial score (nSPS) is 11.0. The molecule has 2 heterocycles. The monoisotopic (exact) mass is 492 g/mol. The molecule has 0 saturated heterocycles. The summed E-state index contributed by atoms with van der Waals surface area (Å²) in [6.07, 6.45) is 1.64. The summed E-state index contributed by atoms with van der Waals surface area (Å²) < 4.78 is 3.55. The van der Waals surface area contributed by atoms with Crippen LogP contribution in [0, 0.1) is 0 Å². The molecular weight excluding hydrogens is 483 g/mol. The summed E-state index contributed by atoms with van der Waals surface area (Å²) >= 11 is 13.4. The van der Waals surface area contributed by atoms with Gasteiger partial charge >= 0.3 is 0 Å². The van der Waals surface area contributed by atoms with Crippen molar-refractivity contribution in [3.63, 3.8) is 0 Å². The Balaban J connectivity index is 1.62. The lowest BCUT2D eigenvalue weighted by Gasteiger charge is -2.05. The van der Waals surface area contributed by atoms with Crippen LogP contribution in [0.1, 0.15) is 5.56 Å². The van der Waals surface area contributed by atoms with Gasteiger partial charge < -0.3 is 0 Å². The SMILES string of the molecule is Clc1c(-c2nnn(Cc3ccc(Br)cc3)n2)cnn1-c1ccccc1Br. The molecule has 4 rings (SSSR count). The summed E-state index contributed by atoms with van der Waals surface area (Å²) in [6, 6.07) is 15.7. The molecule has 0 bridgehead atoms. The van der Waals surface area contributed by atoms with Gasteiger partial charge in [-0.2, -0.15) is 9.90 Å². The maximum Gasteiger partial charge on any atom is 0.209 e. The fraction of sp³-hybridized carbons (Fsp3) is 0.0588. The Bertz CT molecular complexity index is 1060. The average Bonchev–Trinajstić information content (AvgIpc) is 3.24. The molecule has 2 aromatic carbocycles. The van der Waals surface area contributed by atoms with Gasteiger partial charge in [-0.1, -0.05) is 51.8 Å². The minimum Gasteiger partial charge on any atom is -0.220 e. The van der Waals surface area contributed by atoms with Crippen molar-refractivity contribution in [2.45, 2.75) is 6.54 Å². The van der Waals surface area contributed by atoms with Crippen LogP contribution in [-0.4, -0.2) is 30.0 Å². The predicted octanol–water partition coefficient (Wildman–Crippen LogP) is 4.75. The molecule has 0 unspecified atom stereocenters. The molecule has 0 aliphatic rings. The Morgan fingerprint density at radius 1 is 1.00 bits per heavy atom. The van der Waals surface area contributed by atoms with Crippen molar-refractivity contribution in [1.29, 1.82) is 0 Å². The van der Waals surface area contributed by atoms with Crippen molar-refractivity contribution in [2.24, 2.45) is 0 Å². The first-order valence-electron chi connectivity index (χ1n) is 7.63. The van der Waals surface area contributed by atoms with Gasteiger partial charge in [-0.3, -0.25) is 0 Å². The highest BCUT2D eigenvalue weighted by atomic mass is 79.9. The third-order valence-electron chi connectivity index (χ3n) is 3.72. The Morgan fingerprint density at radius 3 is 2.54 bits per heavy atom. The number of rotatable bonds is 4. The molecule has 0 atom stereocenters. The minimum atomic E-state index is 0.431. The molecule has 9 heteroatoms. The lowest BCUT2D eigenvalue weighted by molar-refractivity contribution is 0.573. The molecule has 0 spiro atoms. The highest BCUT2D eigenvalue weighted by molar-refractivity contribution is 9.10. The van der Waals surface area contributed by atoms with E-state index in [-0.39, 0.29) is 0 Å². The molecule has 0 aliphatic heterocycles. The van der Waals surface area contributed by atoms with Gasteiger partial charge in [0.1, 0.15) is 5.15 Å². The predicted molar refractivity (Wildman–Crippen MR) is 106 cm³/mol. The topological polar surface area (TPSA) is 61.4 Å². The van der Waals surface area contributed by atoms with Crippen LogP contribution in [0.4, 0.5) is 0 Å². The molecule has 0 aliphatic carbocycles. The maximum absolute atomic E-state index is 6.51. The summed E-state index contributed by atoms with van der Waals surface area (Å²) in [6.45, 7) is 0.524. The number of nitrogens with zero attached hydrogens (tertiary/aromatic N) is 6. The molecule has 26 heavy (non-hydrogen) atoms. The molecule has 130 valence electrons. The van der Waals surface area contributed by atoms with Gasteiger partial charge in [-0.15, -0.1) is 10.2 Å². The number of para-hydroxylation sites is 1. The van der Waals surface area contributed by atoms with Gasteiger partial charge in [-0.05, 0) is 51.0 Å². The summed E-state index contributed by atoms with van der Waals surface area (Å²) in [5, 5.41) is 17.4. The molecule has 6 nitrogen and oxygen atoms in total. The standard InChI is InChI=1S/C17H11Br2ClN6/c18-12-7-5-11(6-8-12)10-25-23-17(22-24-25)13-9-21-26(16(13)20)15-4-2-1-3-14(15)19/h1-9H,10H2. The number of hydrogen-bond acceptors (Lipinski definition) is 4. The molecule has 0 saturated carbocycles. The Kier molecular flexibility index (Phi) is 4.88. The van der Waals surface area contributed by atoms with Crippen molar-refractivity contribution < 1.29 is 0 Å². The summed E-state index contributed by atoms with van der Waals surface area (Å²) in [5.41, 5.74) is 2.54. The highest BCUT2D eigenvalue weighted by Crippen LogP contribution is 2.29. The number of hydrogen-bond donors (Lipinski definition) is 0. The number of aromatic nitrogens is 6. The van der Waals surface area contributed by atoms with Crippen LogP contribution >= 0.6 is 43.5 Å². The number of tetrazole rings is 1. The van der Waals surface area contributed by atoms with Crippen LogP contribution in [0.2, 0.25) is 5.15 Å². The smallest absolute Gasteiger partial charge is 0.209 e. The maximum atomic E-state index is 6.51. The van der Waals surface area contributed by atoms with Crippen LogP contribution in [0.5, 0.6) is 0 Å². The molecular formula is C17H11Br2ClN6. The number of benzene rings is 2. The lowest BCUT2D eigenvalue weighted by Crippen LogP contribution is -2.03. The molecule has 4 aromatic rings. The van der Waals surface area contributed by atoms with E-state index in [2.05, 4.69) is 52.4 Å². The Labute approximate surface area is 171 Å². The van der Waals surface area contributed by atoms with E-state index in [1.165, 1.54) is 4.80 Å². The van der Waals surface area contributed by atoms with Gasteiger partial charge in [0, 0.05) is 8.95 Å². The van der Waals surface area contributed by atoms with Crippen LogP contribution in [-0.2, 0) is 6.54 Å². The largest absolute Gasteiger partial charge is 0.220 e. The van der Waals surface area contributed by atoms with E-state index in [1.54, 1.807) is 10.9 Å². The first kappa shape index (κ1) is 17.4. The van der Waals surface area contributed by atoms with Crippen molar-refractivity contribution >= 4 is 43.5 Å². The average molecular weight is 495 g/mol. The van der Waals surface area contributed by atoms with Gasteiger partial charge in [0.25, 0.3) is 0 Å². The van der Waals surface area contributed by atoms with Crippen molar-refractivity contribution in [3.8, 4) is 17.1 Å². The van der Waals surface area contributed by atoms with Crippen LogP contribution in [0.15, 0.2) is 63.7 Å². The third kappa shape index (κ3) is 3.44. The van der Waals surface area contributed by atoms with E-state index in [1.807, 2.05) is 48.5 Å². The summed E-state index contributed by atoms with van der Waals surface area (Å²) in [4.78, 5) is 1.53. The van der Waals surface area contributed by atoms with E-state index < -0.39 is 0 Å². The minimum absolute atomic E-state index is 0.431. The van der Waals surface area contributed by atoms with Gasteiger partial charge in [0.15, 0.2) is 0 Å². The van der Waals surface area contributed by atoms with Crippen LogP contribution in [0.25, 0.3) is 17.1 Å². The van der Waals surface area contributed by atoms with E-state index >= 15 is 0 Å². The zero-order valence-electron chi connectivity index (χ0n) is 13.2. The second kappa shape index (κ2) is 7.30. The fourth-order valence-corrected chi connectivity index (χ4v) is 3.43. The number of halogens is 3. The van der Waals surface area contributed by atoms with E-state index in [9.17, 15) is 0 Å². The zero-order chi connectivity index (χ0) is 18.1. The molecule has 0 amide bonds. The molecule has 0 N–H and O–H groups in total. The fourth-order valence-electron chi connectivity index (χ4n) is 2.45. The van der Waals surface area contributed by atoms with Crippen molar-refractivity contribution in [1.82, 2.24) is 30.0 Å². The summed E-state index contributed by atoms with van der Waals surface area (Å²) in [7, 11) is 0. The third-order valence-corrected chi connectivity index (χ3v) is 5.29. The van der Waals surface area contributed by atoms with E-state index in [4.69, 9.17) is 11.6 Å². The second-order valence-electron chi connectivity index (χ2n) is 5.48. The second-order valence-corrected chi connectivity index (χ2v) is 7.61. The van der Waals surface area contributed by atoms with E-state index in [0.29, 0.717) is 23.1 Å². The first-order chi connectivity index (χ1) is 12.6. The van der Waals surface area contributed by atoms with Gasteiger partial charge in [0.2, 0.25) is 5.82 Å². The molecule has 2 aromatic heterocycles. The Morgan fingerprint density at radius 2 is 1.77 bits per heavy atom. The van der Waals surface area contributed by atoms with Crippen LogP contribution < -0.4 is 0 Å².